The molecule has 0 amide bonds. The molecule has 6 heteroatoms. The maximum absolute atomic E-state index is 9.01. The van der Waals surface area contributed by atoms with Crippen molar-refractivity contribution in [3.8, 4) is 11.5 Å². The number of rotatable bonds is 5. The van der Waals surface area contributed by atoms with Gasteiger partial charge in [0, 0.05) is 11.1 Å². The summed E-state index contributed by atoms with van der Waals surface area (Å²) in [4.78, 5) is 5.10. The third-order valence-corrected chi connectivity index (χ3v) is 3.77. The Morgan fingerprint density at radius 1 is 1.33 bits per heavy atom. The molecule has 0 unspecified atom stereocenters. The Morgan fingerprint density at radius 2 is 2.10 bits per heavy atom. The third-order valence-electron chi connectivity index (χ3n) is 2.83. The van der Waals surface area contributed by atoms with E-state index in [0.717, 1.165) is 16.3 Å². The number of amidine groups is 1. The number of thioether (sulfide) groups is 1. The van der Waals surface area contributed by atoms with Crippen molar-refractivity contribution in [2.75, 3.05) is 5.75 Å². The van der Waals surface area contributed by atoms with E-state index in [2.05, 4.69) is 10.1 Å². The average molecular weight is 303 g/mol. The zero-order valence-electron chi connectivity index (χ0n) is 11.9. The number of pyridine rings is 1. The van der Waals surface area contributed by atoms with E-state index in [1.807, 2.05) is 32.0 Å². The lowest BCUT2D eigenvalue weighted by atomic mass is 10.2. The highest BCUT2D eigenvalue weighted by atomic mass is 32.2. The van der Waals surface area contributed by atoms with Crippen LogP contribution >= 0.6 is 11.8 Å². The second-order valence-electron chi connectivity index (χ2n) is 4.24. The summed E-state index contributed by atoms with van der Waals surface area (Å²) >= 11 is 1.61. The summed E-state index contributed by atoms with van der Waals surface area (Å²) < 4.78 is 5.90. The van der Waals surface area contributed by atoms with Crippen LogP contribution in [0.5, 0.6) is 11.5 Å². The first-order valence-electron chi connectivity index (χ1n) is 6.50. The Kier molecular flexibility index (Phi) is 5.05. The van der Waals surface area contributed by atoms with Crippen molar-refractivity contribution < 1.29 is 9.94 Å². The Balaban J connectivity index is 2.48. The van der Waals surface area contributed by atoms with Crippen LogP contribution in [0.2, 0.25) is 0 Å². The zero-order chi connectivity index (χ0) is 15.2. The van der Waals surface area contributed by atoms with Gasteiger partial charge in [0.25, 0.3) is 0 Å². The van der Waals surface area contributed by atoms with E-state index in [1.165, 1.54) is 0 Å². The fourth-order valence-corrected chi connectivity index (χ4v) is 2.71. The quantitative estimate of drug-likeness (QED) is 0.291. The van der Waals surface area contributed by atoms with Gasteiger partial charge in [0.05, 0.1) is 11.3 Å². The van der Waals surface area contributed by atoms with E-state index in [0.29, 0.717) is 17.1 Å². The van der Waals surface area contributed by atoms with Crippen molar-refractivity contribution in [1.82, 2.24) is 4.98 Å². The number of ether oxygens (including phenoxy) is 1. The van der Waals surface area contributed by atoms with Crippen molar-refractivity contribution in [2.45, 2.75) is 18.7 Å². The summed E-state index contributed by atoms with van der Waals surface area (Å²) in [6.45, 7) is 3.91. The molecular formula is C15H17N3O2S. The van der Waals surface area contributed by atoms with Crippen LogP contribution in [-0.2, 0) is 0 Å². The molecule has 1 aromatic heterocycles. The van der Waals surface area contributed by atoms with Gasteiger partial charge in [-0.3, -0.25) is 4.98 Å². The maximum atomic E-state index is 9.01. The van der Waals surface area contributed by atoms with Crippen LogP contribution in [0.25, 0.3) is 0 Å². The molecule has 0 aliphatic heterocycles. The predicted molar refractivity (Wildman–Crippen MR) is 84.4 cm³/mol. The van der Waals surface area contributed by atoms with E-state index in [-0.39, 0.29) is 5.84 Å². The van der Waals surface area contributed by atoms with Crippen LogP contribution in [0.15, 0.2) is 46.6 Å². The molecule has 0 fully saturated rings. The first kappa shape index (κ1) is 15.2. The van der Waals surface area contributed by atoms with Gasteiger partial charge in [0.1, 0.15) is 11.5 Å². The summed E-state index contributed by atoms with van der Waals surface area (Å²) in [5.41, 5.74) is 7.18. The van der Waals surface area contributed by atoms with Crippen molar-refractivity contribution in [3.05, 3.63) is 47.8 Å². The lowest BCUT2D eigenvalue weighted by Gasteiger charge is -2.14. The van der Waals surface area contributed by atoms with E-state index >= 15 is 0 Å². The summed E-state index contributed by atoms with van der Waals surface area (Å²) in [5.74, 6) is 2.09. The molecule has 2 aromatic rings. The standard InChI is InChI=1S/C15H17N3O2S/c1-3-21-13-8-4-6-12(14(13)15(16)18-19)20-11-7-5-9-17-10(11)2/h4-9,19H,3H2,1-2H3,(H2,16,18). The molecule has 0 saturated carbocycles. The summed E-state index contributed by atoms with van der Waals surface area (Å²) in [6, 6.07) is 9.23. The molecule has 1 aromatic carbocycles. The van der Waals surface area contributed by atoms with Crippen LogP contribution in [0.3, 0.4) is 0 Å². The molecule has 5 nitrogen and oxygen atoms in total. The number of aryl methyl sites for hydroxylation is 1. The van der Waals surface area contributed by atoms with Gasteiger partial charge >= 0.3 is 0 Å². The van der Waals surface area contributed by atoms with Crippen LogP contribution < -0.4 is 10.5 Å². The molecule has 0 spiro atoms. The van der Waals surface area contributed by atoms with E-state index in [1.54, 1.807) is 30.1 Å². The molecule has 2 rings (SSSR count). The van der Waals surface area contributed by atoms with Crippen molar-refractivity contribution >= 4 is 17.6 Å². The maximum Gasteiger partial charge on any atom is 0.175 e. The number of hydrogen-bond acceptors (Lipinski definition) is 5. The fraction of sp³-hybridized carbons (Fsp3) is 0.200. The molecule has 0 atom stereocenters. The largest absolute Gasteiger partial charge is 0.455 e. The number of aromatic nitrogens is 1. The monoisotopic (exact) mass is 303 g/mol. The van der Waals surface area contributed by atoms with Crippen molar-refractivity contribution in [2.24, 2.45) is 10.9 Å². The van der Waals surface area contributed by atoms with Crippen LogP contribution in [0.4, 0.5) is 0 Å². The minimum absolute atomic E-state index is 0.0306. The highest BCUT2D eigenvalue weighted by Gasteiger charge is 2.15. The molecular weight excluding hydrogens is 286 g/mol. The summed E-state index contributed by atoms with van der Waals surface area (Å²) in [7, 11) is 0. The molecule has 0 aliphatic rings. The Bertz CT molecular complexity index is 659. The highest BCUT2D eigenvalue weighted by Crippen LogP contribution is 2.33. The van der Waals surface area contributed by atoms with Crippen molar-refractivity contribution in [3.63, 3.8) is 0 Å². The normalized spacial score (nSPS) is 11.4. The average Bonchev–Trinajstić information content (AvgIpc) is 2.49. The highest BCUT2D eigenvalue weighted by molar-refractivity contribution is 7.99. The molecule has 1 heterocycles. The van der Waals surface area contributed by atoms with Crippen LogP contribution in [-0.4, -0.2) is 21.8 Å². The topological polar surface area (TPSA) is 80.7 Å². The first-order valence-corrected chi connectivity index (χ1v) is 7.49. The van der Waals surface area contributed by atoms with Gasteiger partial charge in [0.2, 0.25) is 0 Å². The number of hydrogen-bond donors (Lipinski definition) is 2. The van der Waals surface area contributed by atoms with Gasteiger partial charge in [-0.1, -0.05) is 18.1 Å². The van der Waals surface area contributed by atoms with Gasteiger partial charge in [-0.05, 0) is 36.9 Å². The Labute approximate surface area is 127 Å². The Morgan fingerprint density at radius 3 is 2.76 bits per heavy atom. The van der Waals surface area contributed by atoms with Gasteiger partial charge in [-0.2, -0.15) is 0 Å². The number of oxime groups is 1. The zero-order valence-corrected chi connectivity index (χ0v) is 12.7. The number of nitrogens with two attached hydrogens (primary N) is 1. The molecule has 21 heavy (non-hydrogen) atoms. The van der Waals surface area contributed by atoms with Gasteiger partial charge < -0.3 is 15.7 Å². The second-order valence-corrected chi connectivity index (χ2v) is 5.54. The third kappa shape index (κ3) is 3.46. The molecule has 0 bridgehead atoms. The molecule has 0 aliphatic carbocycles. The fourth-order valence-electron chi connectivity index (χ4n) is 1.87. The number of nitrogens with zero attached hydrogens (tertiary/aromatic N) is 2. The van der Waals surface area contributed by atoms with Crippen LogP contribution in [0.1, 0.15) is 18.2 Å². The molecule has 0 radical (unpaired) electrons. The van der Waals surface area contributed by atoms with Crippen LogP contribution in [0, 0.1) is 6.92 Å². The van der Waals surface area contributed by atoms with E-state index in [4.69, 9.17) is 15.7 Å². The molecule has 110 valence electrons. The number of benzene rings is 1. The minimum Gasteiger partial charge on any atom is -0.455 e. The van der Waals surface area contributed by atoms with Gasteiger partial charge in [0.15, 0.2) is 5.84 Å². The summed E-state index contributed by atoms with van der Waals surface area (Å²) in [6.07, 6.45) is 1.70. The smallest absolute Gasteiger partial charge is 0.175 e. The van der Waals surface area contributed by atoms with E-state index < -0.39 is 0 Å². The Hall–Kier alpha value is -2.21. The first-order chi connectivity index (χ1) is 10.2. The summed E-state index contributed by atoms with van der Waals surface area (Å²) in [5, 5.41) is 12.1. The van der Waals surface area contributed by atoms with Gasteiger partial charge in [-0.15, -0.1) is 11.8 Å². The second kappa shape index (κ2) is 6.99. The minimum atomic E-state index is 0.0306. The van der Waals surface area contributed by atoms with E-state index in [9.17, 15) is 0 Å². The molecule has 0 saturated heterocycles. The predicted octanol–water partition coefficient (Wildman–Crippen LogP) is 3.39. The lowest BCUT2D eigenvalue weighted by Crippen LogP contribution is -2.15. The van der Waals surface area contributed by atoms with Gasteiger partial charge in [-0.25, -0.2) is 0 Å². The SMILES string of the molecule is CCSc1cccc(Oc2cccnc2C)c1/C(N)=N/O. The molecule has 3 N–H and O–H groups in total. The lowest BCUT2D eigenvalue weighted by molar-refractivity contribution is 0.318. The van der Waals surface area contributed by atoms with Crippen molar-refractivity contribution in [1.29, 1.82) is 0 Å².